The smallest absolute Gasteiger partial charge is 0.417 e. The zero-order chi connectivity index (χ0) is 18.5. The van der Waals surface area contributed by atoms with Crippen molar-refractivity contribution in [2.75, 3.05) is 32.8 Å². The number of nitrogens with one attached hydrogen (secondary N) is 1. The summed E-state index contributed by atoms with van der Waals surface area (Å²) in [6, 6.07) is 9.22. The molecule has 2 heterocycles. The number of nitrogens with zero attached hydrogens (tertiary/aromatic N) is 2. The van der Waals surface area contributed by atoms with E-state index < -0.39 is 12.2 Å². The van der Waals surface area contributed by atoms with Crippen molar-refractivity contribution in [3.63, 3.8) is 0 Å². The van der Waals surface area contributed by atoms with Gasteiger partial charge in [0.15, 0.2) is 6.61 Å². The Morgan fingerprint density at radius 3 is 2.58 bits per heavy atom. The van der Waals surface area contributed by atoms with Crippen molar-refractivity contribution in [3.05, 3.63) is 35.9 Å². The van der Waals surface area contributed by atoms with Crippen LogP contribution in [0.3, 0.4) is 0 Å². The molecule has 0 atom stereocenters. The average molecular weight is 361 g/mol. The molecule has 2 saturated heterocycles. The highest BCUT2D eigenvalue weighted by atomic mass is 16.6. The fraction of sp³-hybridized carbons (Fsp3) is 0.412. The van der Waals surface area contributed by atoms with Crippen molar-refractivity contribution < 1.29 is 28.7 Å². The minimum Gasteiger partial charge on any atom is -0.445 e. The molecular weight excluding hydrogens is 342 g/mol. The Kier molecular flexibility index (Phi) is 5.35. The van der Waals surface area contributed by atoms with E-state index in [1.54, 1.807) is 4.90 Å². The van der Waals surface area contributed by atoms with Gasteiger partial charge in [-0.15, -0.1) is 0 Å². The summed E-state index contributed by atoms with van der Waals surface area (Å²) in [5.74, 6) is -0.575. The van der Waals surface area contributed by atoms with Crippen LogP contribution in [0.2, 0.25) is 0 Å². The molecule has 9 nitrogen and oxygen atoms in total. The van der Waals surface area contributed by atoms with Gasteiger partial charge in [0.25, 0.3) is 5.91 Å². The number of benzene rings is 1. The normalized spacial score (nSPS) is 16.9. The zero-order valence-electron chi connectivity index (χ0n) is 14.1. The molecule has 2 fully saturated rings. The Bertz CT molecular complexity index is 686. The lowest BCUT2D eigenvalue weighted by molar-refractivity contribution is -0.137. The maximum Gasteiger partial charge on any atom is 0.417 e. The molecule has 26 heavy (non-hydrogen) atoms. The van der Waals surface area contributed by atoms with Gasteiger partial charge in [0, 0.05) is 25.6 Å². The fourth-order valence-electron chi connectivity index (χ4n) is 2.74. The number of cyclic esters (lactones) is 1. The third-order valence-electron chi connectivity index (χ3n) is 4.19. The van der Waals surface area contributed by atoms with Crippen LogP contribution in [0, 0.1) is 5.92 Å². The van der Waals surface area contributed by atoms with Crippen molar-refractivity contribution >= 4 is 24.0 Å². The fourth-order valence-corrected chi connectivity index (χ4v) is 2.74. The SMILES string of the molecule is O=C(NCC(=O)N1CC(CN2C(=O)COC2=O)C1)OCc1ccccc1. The number of imide groups is 1. The van der Waals surface area contributed by atoms with Gasteiger partial charge in [-0.2, -0.15) is 0 Å². The minimum absolute atomic E-state index is 0.0265. The molecule has 0 saturated carbocycles. The predicted octanol–water partition coefficient (Wildman–Crippen LogP) is 0.350. The summed E-state index contributed by atoms with van der Waals surface area (Å²) in [7, 11) is 0. The molecule has 9 heteroatoms. The van der Waals surface area contributed by atoms with E-state index >= 15 is 0 Å². The summed E-state index contributed by atoms with van der Waals surface area (Å²) < 4.78 is 9.66. The summed E-state index contributed by atoms with van der Waals surface area (Å²) in [6.45, 7) is 0.849. The highest BCUT2D eigenvalue weighted by Gasteiger charge is 2.38. The number of carbonyl (C=O) groups excluding carboxylic acids is 4. The second kappa shape index (κ2) is 7.85. The van der Waals surface area contributed by atoms with Crippen LogP contribution >= 0.6 is 0 Å². The van der Waals surface area contributed by atoms with E-state index in [0.29, 0.717) is 13.1 Å². The molecule has 0 radical (unpaired) electrons. The summed E-state index contributed by atoms with van der Waals surface area (Å²) in [6.07, 6.45) is -1.30. The van der Waals surface area contributed by atoms with Crippen molar-refractivity contribution in [3.8, 4) is 0 Å². The van der Waals surface area contributed by atoms with Gasteiger partial charge < -0.3 is 19.7 Å². The maximum absolute atomic E-state index is 12.0. The Balaban J connectivity index is 1.32. The molecule has 0 unspecified atom stereocenters. The standard InChI is InChI=1S/C17H19N3O6/c21-14(6-18-16(23)25-10-12-4-2-1-3-5-12)19-7-13(8-19)9-20-15(22)11-26-17(20)24/h1-5,13H,6-11H2,(H,18,23). The van der Waals surface area contributed by atoms with Gasteiger partial charge in [0.05, 0.1) is 0 Å². The lowest BCUT2D eigenvalue weighted by atomic mass is 9.99. The van der Waals surface area contributed by atoms with E-state index in [9.17, 15) is 19.2 Å². The molecular formula is C17H19N3O6. The molecule has 0 bridgehead atoms. The van der Waals surface area contributed by atoms with Gasteiger partial charge in [-0.25, -0.2) is 14.5 Å². The molecule has 0 aromatic heterocycles. The molecule has 138 valence electrons. The summed E-state index contributed by atoms with van der Waals surface area (Å²) in [5, 5.41) is 2.41. The highest BCUT2D eigenvalue weighted by molar-refractivity contribution is 5.97. The van der Waals surface area contributed by atoms with Crippen molar-refractivity contribution in [2.24, 2.45) is 5.92 Å². The predicted molar refractivity (Wildman–Crippen MR) is 87.8 cm³/mol. The first-order chi connectivity index (χ1) is 12.5. The van der Waals surface area contributed by atoms with Crippen LogP contribution < -0.4 is 5.32 Å². The van der Waals surface area contributed by atoms with Gasteiger partial charge in [0.2, 0.25) is 5.91 Å². The number of alkyl carbamates (subject to hydrolysis) is 1. The van der Waals surface area contributed by atoms with Crippen LogP contribution in [-0.4, -0.2) is 66.6 Å². The summed E-state index contributed by atoms with van der Waals surface area (Å²) in [5.41, 5.74) is 0.856. The quantitative estimate of drug-likeness (QED) is 0.784. The van der Waals surface area contributed by atoms with Gasteiger partial charge >= 0.3 is 12.2 Å². The van der Waals surface area contributed by atoms with Crippen LogP contribution in [-0.2, 0) is 25.7 Å². The first kappa shape index (κ1) is 17.7. The number of hydrogen-bond donors (Lipinski definition) is 1. The van der Waals surface area contributed by atoms with Crippen LogP contribution in [0.25, 0.3) is 0 Å². The zero-order valence-corrected chi connectivity index (χ0v) is 14.1. The lowest BCUT2D eigenvalue weighted by Gasteiger charge is -2.40. The number of rotatable bonds is 6. The Morgan fingerprint density at radius 2 is 1.92 bits per heavy atom. The van der Waals surface area contributed by atoms with Crippen LogP contribution in [0.5, 0.6) is 0 Å². The van der Waals surface area contributed by atoms with E-state index in [-0.39, 0.29) is 44.0 Å². The van der Waals surface area contributed by atoms with Crippen molar-refractivity contribution in [2.45, 2.75) is 6.61 Å². The average Bonchev–Trinajstić information content (AvgIpc) is 2.93. The second-order valence-electron chi connectivity index (χ2n) is 6.14. The maximum atomic E-state index is 12.0. The molecule has 0 spiro atoms. The monoisotopic (exact) mass is 361 g/mol. The van der Waals surface area contributed by atoms with Crippen LogP contribution in [0.15, 0.2) is 30.3 Å². The highest BCUT2D eigenvalue weighted by Crippen LogP contribution is 2.19. The minimum atomic E-state index is -0.662. The lowest BCUT2D eigenvalue weighted by Crippen LogP contribution is -2.56. The number of ether oxygens (including phenoxy) is 2. The van der Waals surface area contributed by atoms with Crippen LogP contribution in [0.4, 0.5) is 9.59 Å². The van der Waals surface area contributed by atoms with Crippen molar-refractivity contribution in [1.82, 2.24) is 15.1 Å². The molecule has 2 aliphatic rings. The van der Waals surface area contributed by atoms with E-state index in [1.807, 2.05) is 30.3 Å². The first-order valence-corrected chi connectivity index (χ1v) is 8.22. The van der Waals surface area contributed by atoms with E-state index in [1.165, 1.54) is 0 Å². The Labute approximate surface area is 149 Å². The van der Waals surface area contributed by atoms with Gasteiger partial charge in [-0.1, -0.05) is 30.3 Å². The molecule has 1 aromatic carbocycles. The molecule has 2 aliphatic heterocycles. The molecule has 1 aromatic rings. The topological polar surface area (TPSA) is 105 Å². The number of hydrogen-bond acceptors (Lipinski definition) is 6. The van der Waals surface area contributed by atoms with E-state index in [0.717, 1.165) is 10.5 Å². The Morgan fingerprint density at radius 1 is 1.19 bits per heavy atom. The second-order valence-corrected chi connectivity index (χ2v) is 6.14. The third-order valence-corrected chi connectivity index (χ3v) is 4.19. The van der Waals surface area contributed by atoms with Gasteiger partial charge in [-0.05, 0) is 5.56 Å². The van der Waals surface area contributed by atoms with Gasteiger partial charge in [0.1, 0.15) is 13.2 Å². The first-order valence-electron chi connectivity index (χ1n) is 8.22. The Hall–Kier alpha value is -3.10. The molecule has 4 amide bonds. The summed E-state index contributed by atoms with van der Waals surface area (Å²) >= 11 is 0. The number of carbonyl (C=O) groups is 4. The van der Waals surface area contributed by atoms with Crippen LogP contribution in [0.1, 0.15) is 5.56 Å². The number of amides is 4. The number of likely N-dealkylation sites (tertiary alicyclic amines) is 1. The largest absolute Gasteiger partial charge is 0.445 e. The van der Waals surface area contributed by atoms with E-state index in [4.69, 9.17) is 4.74 Å². The molecule has 3 rings (SSSR count). The molecule has 0 aliphatic carbocycles. The summed E-state index contributed by atoms with van der Waals surface area (Å²) in [4.78, 5) is 49.0. The van der Waals surface area contributed by atoms with Gasteiger partial charge in [-0.3, -0.25) is 9.59 Å². The molecule has 1 N–H and O–H groups in total. The third kappa shape index (κ3) is 4.29. The van der Waals surface area contributed by atoms with E-state index in [2.05, 4.69) is 10.1 Å². The van der Waals surface area contributed by atoms with Crippen molar-refractivity contribution in [1.29, 1.82) is 0 Å².